The van der Waals surface area contributed by atoms with Crippen LogP contribution < -0.4 is 10.1 Å². The molecule has 144 valence electrons. The molecule has 1 aliphatic carbocycles. The van der Waals surface area contributed by atoms with Crippen LogP contribution in [0.1, 0.15) is 55.7 Å². The van der Waals surface area contributed by atoms with E-state index in [4.69, 9.17) is 9.47 Å². The van der Waals surface area contributed by atoms with Crippen LogP contribution in [0.5, 0.6) is 5.75 Å². The van der Waals surface area contributed by atoms with Crippen LogP contribution >= 0.6 is 0 Å². The highest BCUT2D eigenvalue weighted by molar-refractivity contribution is 5.91. The van der Waals surface area contributed by atoms with Crippen molar-refractivity contribution in [2.75, 3.05) is 12.4 Å². The number of aryl methyl sites for hydroxylation is 1. The lowest BCUT2D eigenvalue weighted by Crippen LogP contribution is -2.19. The largest absolute Gasteiger partial charge is 0.497 e. The molecule has 1 amide bonds. The van der Waals surface area contributed by atoms with Crippen molar-refractivity contribution in [2.45, 2.75) is 58.2 Å². The van der Waals surface area contributed by atoms with Gasteiger partial charge in [0.05, 0.1) is 19.8 Å². The van der Waals surface area contributed by atoms with Gasteiger partial charge in [-0.2, -0.15) is 0 Å². The highest BCUT2D eigenvalue weighted by atomic mass is 16.5. The normalized spacial score (nSPS) is 16.1. The highest BCUT2D eigenvalue weighted by Crippen LogP contribution is 2.36. The maximum Gasteiger partial charge on any atom is 0.224 e. The van der Waals surface area contributed by atoms with Gasteiger partial charge in [0, 0.05) is 12.1 Å². The molecule has 0 spiro atoms. The summed E-state index contributed by atoms with van der Waals surface area (Å²) < 4.78 is 11.0. The summed E-state index contributed by atoms with van der Waals surface area (Å²) in [5.41, 5.74) is 4.50. The standard InChI is InChI=1S/C23H29NO3/c1-16(2)27-15-17-6-4-9-20(12-17)24-23(25)14-19-8-5-7-18-13-21(26-3)10-11-22(18)19/h4,6,9-13,16,19H,5,7-8,14-15H2,1-3H3,(H,24,25). The van der Waals surface area contributed by atoms with E-state index in [2.05, 4.69) is 17.4 Å². The molecule has 2 aromatic rings. The molecule has 27 heavy (non-hydrogen) atoms. The molecule has 1 N–H and O–H groups in total. The van der Waals surface area contributed by atoms with Crippen molar-refractivity contribution < 1.29 is 14.3 Å². The van der Waals surface area contributed by atoms with Crippen LogP contribution in [-0.4, -0.2) is 19.1 Å². The Morgan fingerprint density at radius 1 is 1.22 bits per heavy atom. The Bertz CT molecular complexity index is 785. The first-order chi connectivity index (χ1) is 13.0. The van der Waals surface area contributed by atoms with E-state index in [1.54, 1.807) is 7.11 Å². The first kappa shape index (κ1) is 19.4. The second-order valence-corrected chi connectivity index (χ2v) is 7.47. The second kappa shape index (κ2) is 9.05. The third-order valence-electron chi connectivity index (χ3n) is 5.01. The molecule has 1 unspecified atom stereocenters. The molecular weight excluding hydrogens is 338 g/mol. The number of benzene rings is 2. The van der Waals surface area contributed by atoms with Crippen molar-refractivity contribution in [3.05, 3.63) is 59.2 Å². The molecule has 3 rings (SSSR count). The molecule has 0 saturated heterocycles. The van der Waals surface area contributed by atoms with Crippen LogP contribution in [0.3, 0.4) is 0 Å². The average Bonchev–Trinajstić information content (AvgIpc) is 2.66. The number of hydrogen-bond donors (Lipinski definition) is 1. The number of nitrogens with one attached hydrogen (secondary N) is 1. The van der Waals surface area contributed by atoms with Crippen molar-refractivity contribution in [1.82, 2.24) is 0 Å². The van der Waals surface area contributed by atoms with Gasteiger partial charge in [0.25, 0.3) is 0 Å². The molecule has 1 atom stereocenters. The molecule has 0 aliphatic heterocycles. The van der Waals surface area contributed by atoms with Gasteiger partial charge in [-0.25, -0.2) is 0 Å². The van der Waals surface area contributed by atoms with Gasteiger partial charge in [-0.3, -0.25) is 4.79 Å². The minimum absolute atomic E-state index is 0.0607. The monoisotopic (exact) mass is 367 g/mol. The van der Waals surface area contributed by atoms with Gasteiger partial charge >= 0.3 is 0 Å². The van der Waals surface area contributed by atoms with E-state index in [1.807, 2.05) is 44.2 Å². The fraction of sp³-hybridized carbons (Fsp3) is 0.435. The summed E-state index contributed by atoms with van der Waals surface area (Å²) in [6.45, 7) is 4.59. The van der Waals surface area contributed by atoms with Crippen LogP contribution in [-0.2, 0) is 22.6 Å². The summed E-state index contributed by atoms with van der Waals surface area (Å²) in [7, 11) is 1.69. The fourth-order valence-electron chi connectivity index (χ4n) is 3.67. The predicted molar refractivity (Wildman–Crippen MR) is 108 cm³/mol. The van der Waals surface area contributed by atoms with Crippen molar-refractivity contribution in [2.24, 2.45) is 0 Å². The fourth-order valence-corrected chi connectivity index (χ4v) is 3.67. The first-order valence-corrected chi connectivity index (χ1v) is 9.72. The SMILES string of the molecule is COc1ccc2c(c1)CCCC2CC(=O)Nc1cccc(COC(C)C)c1. The first-order valence-electron chi connectivity index (χ1n) is 9.72. The summed E-state index contributed by atoms with van der Waals surface area (Å²) in [5.74, 6) is 1.22. The Kier molecular flexibility index (Phi) is 6.51. The molecule has 0 saturated carbocycles. The van der Waals surface area contributed by atoms with Crippen LogP contribution in [0.2, 0.25) is 0 Å². The lowest BCUT2D eigenvalue weighted by atomic mass is 9.81. The molecule has 0 fully saturated rings. The molecule has 1 aliphatic rings. The van der Waals surface area contributed by atoms with E-state index in [-0.39, 0.29) is 17.9 Å². The highest BCUT2D eigenvalue weighted by Gasteiger charge is 2.23. The molecular formula is C23H29NO3. The Balaban J connectivity index is 1.63. The molecule has 4 nitrogen and oxygen atoms in total. The zero-order valence-electron chi connectivity index (χ0n) is 16.5. The maximum atomic E-state index is 12.6. The van der Waals surface area contributed by atoms with Crippen molar-refractivity contribution in [1.29, 1.82) is 0 Å². The van der Waals surface area contributed by atoms with E-state index < -0.39 is 0 Å². The quantitative estimate of drug-likeness (QED) is 0.743. The summed E-state index contributed by atoms with van der Waals surface area (Å²) in [6.07, 6.45) is 3.91. The summed E-state index contributed by atoms with van der Waals surface area (Å²) in [5, 5.41) is 3.05. The van der Waals surface area contributed by atoms with Crippen LogP contribution in [0, 0.1) is 0 Å². The lowest BCUT2D eigenvalue weighted by Gasteiger charge is -2.25. The van der Waals surface area contributed by atoms with Crippen molar-refractivity contribution in [3.63, 3.8) is 0 Å². The molecule has 4 heteroatoms. The number of carbonyl (C=O) groups is 1. The van der Waals surface area contributed by atoms with Crippen molar-refractivity contribution >= 4 is 11.6 Å². The third-order valence-corrected chi connectivity index (χ3v) is 5.01. The summed E-state index contributed by atoms with van der Waals surface area (Å²) >= 11 is 0. The summed E-state index contributed by atoms with van der Waals surface area (Å²) in [4.78, 5) is 12.6. The van der Waals surface area contributed by atoms with Crippen LogP contribution in [0.15, 0.2) is 42.5 Å². The zero-order chi connectivity index (χ0) is 19.2. The van der Waals surface area contributed by atoms with E-state index in [0.29, 0.717) is 13.0 Å². The number of ether oxygens (including phenoxy) is 2. The van der Waals surface area contributed by atoms with E-state index in [9.17, 15) is 4.79 Å². The smallest absolute Gasteiger partial charge is 0.224 e. The number of carbonyl (C=O) groups excluding carboxylic acids is 1. The maximum absolute atomic E-state index is 12.6. The minimum atomic E-state index is 0.0607. The molecule has 0 bridgehead atoms. The number of rotatable bonds is 7. The minimum Gasteiger partial charge on any atom is -0.497 e. The predicted octanol–water partition coefficient (Wildman–Crippen LogP) is 5.07. The Morgan fingerprint density at radius 2 is 2.07 bits per heavy atom. The van der Waals surface area contributed by atoms with E-state index in [1.165, 1.54) is 11.1 Å². The Labute approximate surface area is 161 Å². The molecule has 2 aromatic carbocycles. The zero-order valence-corrected chi connectivity index (χ0v) is 16.5. The van der Waals surface area contributed by atoms with Crippen LogP contribution in [0.25, 0.3) is 0 Å². The number of amides is 1. The van der Waals surface area contributed by atoms with Gasteiger partial charge in [-0.05, 0) is 80.0 Å². The number of hydrogen-bond acceptors (Lipinski definition) is 3. The Hall–Kier alpha value is -2.33. The van der Waals surface area contributed by atoms with Crippen molar-refractivity contribution in [3.8, 4) is 5.75 Å². The number of anilines is 1. The summed E-state index contributed by atoms with van der Waals surface area (Å²) in [6, 6.07) is 14.1. The third kappa shape index (κ3) is 5.33. The second-order valence-electron chi connectivity index (χ2n) is 7.47. The van der Waals surface area contributed by atoms with Gasteiger partial charge in [-0.15, -0.1) is 0 Å². The van der Waals surface area contributed by atoms with E-state index >= 15 is 0 Å². The topological polar surface area (TPSA) is 47.6 Å². The van der Waals surface area contributed by atoms with E-state index in [0.717, 1.165) is 36.3 Å². The lowest BCUT2D eigenvalue weighted by molar-refractivity contribution is -0.116. The Morgan fingerprint density at radius 3 is 2.85 bits per heavy atom. The number of methoxy groups -OCH3 is 1. The van der Waals surface area contributed by atoms with Gasteiger partial charge in [0.1, 0.15) is 5.75 Å². The molecule has 0 heterocycles. The number of fused-ring (bicyclic) bond motifs is 1. The van der Waals surface area contributed by atoms with Gasteiger partial charge in [0.2, 0.25) is 5.91 Å². The average molecular weight is 367 g/mol. The van der Waals surface area contributed by atoms with Gasteiger partial charge in [-0.1, -0.05) is 18.2 Å². The van der Waals surface area contributed by atoms with Gasteiger partial charge in [0.15, 0.2) is 0 Å². The molecule has 0 radical (unpaired) electrons. The van der Waals surface area contributed by atoms with Gasteiger partial charge < -0.3 is 14.8 Å². The van der Waals surface area contributed by atoms with Crippen LogP contribution in [0.4, 0.5) is 5.69 Å². The molecule has 0 aromatic heterocycles.